The number of rotatable bonds is 1. The molecule has 2 aromatic carbocycles. The second-order valence-electron chi connectivity index (χ2n) is 6.42. The number of anilines is 3. The molecular formula is C20H17N3O2. The standard InChI is InChI=1S/C20H17N3O2/c21-12-13-4-3-6-15(10-13)23-17-9-8-14-5-1-2-7-16(14)20(17)22-18(24)11-19(23)25/h3-4,6,8-10H,1-2,5,7,11H2,(H,22,24). The molecule has 0 bridgehead atoms. The van der Waals surface area contributed by atoms with E-state index in [1.165, 1.54) is 5.56 Å². The third-order valence-electron chi connectivity index (χ3n) is 4.81. The van der Waals surface area contributed by atoms with Crippen molar-refractivity contribution in [2.75, 3.05) is 10.2 Å². The zero-order valence-corrected chi connectivity index (χ0v) is 13.7. The van der Waals surface area contributed by atoms with E-state index in [-0.39, 0.29) is 18.2 Å². The molecular weight excluding hydrogens is 314 g/mol. The summed E-state index contributed by atoms with van der Waals surface area (Å²) in [5.74, 6) is -0.578. The van der Waals surface area contributed by atoms with Crippen LogP contribution in [-0.2, 0) is 22.4 Å². The van der Waals surface area contributed by atoms with Gasteiger partial charge in [0.1, 0.15) is 6.42 Å². The van der Waals surface area contributed by atoms with Crippen LogP contribution in [-0.4, -0.2) is 11.8 Å². The molecule has 0 saturated heterocycles. The zero-order chi connectivity index (χ0) is 17.4. The molecule has 0 radical (unpaired) electrons. The molecule has 1 heterocycles. The molecule has 124 valence electrons. The van der Waals surface area contributed by atoms with E-state index >= 15 is 0 Å². The van der Waals surface area contributed by atoms with Gasteiger partial charge in [0.2, 0.25) is 11.8 Å². The number of fused-ring (bicyclic) bond motifs is 3. The van der Waals surface area contributed by atoms with Crippen LogP contribution in [0.3, 0.4) is 0 Å². The van der Waals surface area contributed by atoms with Crippen LogP contribution in [0.25, 0.3) is 0 Å². The van der Waals surface area contributed by atoms with Crippen molar-refractivity contribution in [2.45, 2.75) is 32.1 Å². The molecule has 0 fully saturated rings. The Morgan fingerprint density at radius 2 is 1.92 bits per heavy atom. The van der Waals surface area contributed by atoms with Gasteiger partial charge in [-0.1, -0.05) is 12.1 Å². The van der Waals surface area contributed by atoms with Crippen LogP contribution in [0.15, 0.2) is 36.4 Å². The molecule has 5 heteroatoms. The molecule has 4 rings (SSSR count). The molecule has 0 atom stereocenters. The van der Waals surface area contributed by atoms with Gasteiger partial charge in [0.15, 0.2) is 0 Å². The number of nitrogens with one attached hydrogen (secondary N) is 1. The predicted molar refractivity (Wildman–Crippen MR) is 94.6 cm³/mol. The van der Waals surface area contributed by atoms with E-state index in [1.807, 2.05) is 6.07 Å². The van der Waals surface area contributed by atoms with Crippen molar-refractivity contribution < 1.29 is 9.59 Å². The number of nitriles is 1. The van der Waals surface area contributed by atoms with Crippen molar-refractivity contribution in [1.82, 2.24) is 0 Å². The smallest absolute Gasteiger partial charge is 0.241 e. The van der Waals surface area contributed by atoms with Crippen LogP contribution in [0.2, 0.25) is 0 Å². The van der Waals surface area contributed by atoms with Gasteiger partial charge in [-0.3, -0.25) is 14.5 Å². The Labute approximate surface area is 145 Å². The molecule has 2 amide bonds. The van der Waals surface area contributed by atoms with Gasteiger partial charge in [-0.15, -0.1) is 0 Å². The maximum absolute atomic E-state index is 12.7. The monoisotopic (exact) mass is 331 g/mol. The number of nitrogens with zero attached hydrogens (tertiary/aromatic N) is 2. The molecule has 2 aromatic rings. The Kier molecular flexibility index (Phi) is 3.73. The maximum atomic E-state index is 12.7. The van der Waals surface area contributed by atoms with Gasteiger partial charge in [0.05, 0.1) is 28.7 Å². The Morgan fingerprint density at radius 1 is 1.08 bits per heavy atom. The molecule has 0 spiro atoms. The second kappa shape index (κ2) is 6.06. The molecule has 25 heavy (non-hydrogen) atoms. The van der Waals surface area contributed by atoms with E-state index in [0.717, 1.165) is 36.9 Å². The fourth-order valence-electron chi connectivity index (χ4n) is 3.67. The number of carbonyl (C=O) groups is 2. The first-order chi connectivity index (χ1) is 12.2. The van der Waals surface area contributed by atoms with Gasteiger partial charge < -0.3 is 5.32 Å². The topological polar surface area (TPSA) is 73.2 Å². The van der Waals surface area contributed by atoms with Gasteiger partial charge in [0, 0.05) is 0 Å². The fourth-order valence-corrected chi connectivity index (χ4v) is 3.67. The summed E-state index contributed by atoms with van der Waals surface area (Å²) < 4.78 is 0. The summed E-state index contributed by atoms with van der Waals surface area (Å²) in [5.41, 5.74) is 4.89. The Bertz CT molecular complexity index is 927. The Balaban J connectivity index is 1.92. The molecule has 1 N–H and O–H groups in total. The lowest BCUT2D eigenvalue weighted by atomic mass is 9.89. The number of hydrogen-bond acceptors (Lipinski definition) is 3. The van der Waals surface area contributed by atoms with Crippen molar-refractivity contribution in [3.05, 3.63) is 53.1 Å². The van der Waals surface area contributed by atoms with Crippen LogP contribution in [0, 0.1) is 11.3 Å². The normalized spacial score (nSPS) is 16.4. The molecule has 0 aromatic heterocycles. The lowest BCUT2D eigenvalue weighted by Crippen LogP contribution is -2.26. The van der Waals surface area contributed by atoms with E-state index in [4.69, 9.17) is 5.26 Å². The number of benzene rings is 2. The van der Waals surface area contributed by atoms with E-state index in [0.29, 0.717) is 16.9 Å². The molecule has 1 aliphatic carbocycles. The highest BCUT2D eigenvalue weighted by Crippen LogP contribution is 2.41. The summed E-state index contributed by atoms with van der Waals surface area (Å²) in [6.45, 7) is 0. The average molecular weight is 331 g/mol. The second-order valence-corrected chi connectivity index (χ2v) is 6.42. The number of hydrogen-bond donors (Lipinski definition) is 1. The summed E-state index contributed by atoms with van der Waals surface area (Å²) in [4.78, 5) is 26.5. The highest BCUT2D eigenvalue weighted by molar-refractivity contribution is 6.17. The maximum Gasteiger partial charge on any atom is 0.241 e. The van der Waals surface area contributed by atoms with Gasteiger partial charge in [-0.25, -0.2) is 0 Å². The Hall–Kier alpha value is -3.13. The number of amides is 2. The minimum Gasteiger partial charge on any atom is -0.324 e. The van der Waals surface area contributed by atoms with Crippen molar-refractivity contribution in [3.8, 4) is 6.07 Å². The number of carbonyl (C=O) groups excluding carboxylic acids is 2. The molecule has 1 aliphatic heterocycles. The molecule has 0 unspecified atom stereocenters. The zero-order valence-electron chi connectivity index (χ0n) is 13.7. The van der Waals surface area contributed by atoms with Gasteiger partial charge in [-0.2, -0.15) is 5.26 Å². The highest BCUT2D eigenvalue weighted by atomic mass is 16.2. The third-order valence-corrected chi connectivity index (χ3v) is 4.81. The molecule has 5 nitrogen and oxygen atoms in total. The quantitative estimate of drug-likeness (QED) is 0.814. The van der Waals surface area contributed by atoms with E-state index in [2.05, 4.69) is 17.5 Å². The SMILES string of the molecule is N#Cc1cccc(N2C(=O)CC(=O)Nc3c2ccc2c3CCCC2)c1. The van der Waals surface area contributed by atoms with Crippen LogP contribution >= 0.6 is 0 Å². The van der Waals surface area contributed by atoms with Crippen molar-refractivity contribution in [2.24, 2.45) is 0 Å². The Morgan fingerprint density at radius 3 is 2.76 bits per heavy atom. The first-order valence-electron chi connectivity index (χ1n) is 8.45. The first kappa shape index (κ1) is 15.4. The van der Waals surface area contributed by atoms with Gasteiger partial charge in [-0.05, 0) is 61.1 Å². The minimum absolute atomic E-state index is 0.208. The van der Waals surface area contributed by atoms with Crippen LogP contribution in [0.5, 0.6) is 0 Å². The van der Waals surface area contributed by atoms with E-state index in [1.54, 1.807) is 29.2 Å². The molecule has 2 aliphatic rings. The lowest BCUT2D eigenvalue weighted by molar-refractivity contribution is -0.124. The van der Waals surface area contributed by atoms with Crippen LogP contribution in [0.4, 0.5) is 17.1 Å². The highest BCUT2D eigenvalue weighted by Gasteiger charge is 2.30. The minimum atomic E-state index is -0.290. The van der Waals surface area contributed by atoms with E-state index < -0.39 is 0 Å². The fraction of sp³-hybridized carbons (Fsp3) is 0.250. The van der Waals surface area contributed by atoms with Crippen LogP contribution in [0.1, 0.15) is 36.0 Å². The first-order valence-corrected chi connectivity index (χ1v) is 8.45. The van der Waals surface area contributed by atoms with Gasteiger partial charge in [0.25, 0.3) is 0 Å². The molecule has 0 saturated carbocycles. The van der Waals surface area contributed by atoms with Crippen LogP contribution < -0.4 is 10.2 Å². The van der Waals surface area contributed by atoms with Crippen molar-refractivity contribution >= 4 is 28.9 Å². The largest absolute Gasteiger partial charge is 0.324 e. The number of aryl methyl sites for hydroxylation is 1. The third kappa shape index (κ3) is 2.66. The average Bonchev–Trinajstić information content (AvgIpc) is 2.76. The van der Waals surface area contributed by atoms with E-state index in [9.17, 15) is 9.59 Å². The van der Waals surface area contributed by atoms with Gasteiger partial charge >= 0.3 is 0 Å². The summed E-state index contributed by atoms with van der Waals surface area (Å²) in [5, 5.41) is 12.1. The summed E-state index contributed by atoms with van der Waals surface area (Å²) >= 11 is 0. The summed E-state index contributed by atoms with van der Waals surface area (Å²) in [6, 6.07) is 13.0. The summed E-state index contributed by atoms with van der Waals surface area (Å²) in [7, 11) is 0. The predicted octanol–water partition coefficient (Wildman–Crippen LogP) is 3.44. The van der Waals surface area contributed by atoms with Crippen molar-refractivity contribution in [3.63, 3.8) is 0 Å². The summed E-state index contributed by atoms with van der Waals surface area (Å²) in [6.07, 6.45) is 3.92. The lowest BCUT2D eigenvalue weighted by Gasteiger charge is -2.26. The van der Waals surface area contributed by atoms with Crippen molar-refractivity contribution in [1.29, 1.82) is 5.26 Å².